The largest absolute Gasteiger partial charge is 0.496 e. The van der Waals surface area contributed by atoms with Crippen molar-refractivity contribution in [3.63, 3.8) is 0 Å². The van der Waals surface area contributed by atoms with Crippen LogP contribution < -0.4 is 20.8 Å². The number of amides is 5. The second-order valence-electron chi connectivity index (χ2n) is 7.48. The Balaban J connectivity index is 1.49. The van der Waals surface area contributed by atoms with Crippen molar-refractivity contribution in [3.8, 4) is 5.75 Å². The zero-order chi connectivity index (χ0) is 23.3. The number of hydrazine groups is 1. The molecule has 1 fully saturated rings. The van der Waals surface area contributed by atoms with Crippen molar-refractivity contribution in [1.29, 1.82) is 0 Å². The van der Waals surface area contributed by atoms with E-state index in [1.54, 1.807) is 55.6 Å². The van der Waals surface area contributed by atoms with Crippen LogP contribution >= 0.6 is 0 Å². The maximum Gasteiger partial charge on any atom is 0.344 e. The molecule has 0 unspecified atom stereocenters. The lowest BCUT2D eigenvalue weighted by atomic mass is 9.83. The van der Waals surface area contributed by atoms with Crippen molar-refractivity contribution in [1.82, 2.24) is 21.1 Å². The maximum absolute atomic E-state index is 13.5. The van der Waals surface area contributed by atoms with Crippen LogP contribution in [0.2, 0.25) is 0 Å². The minimum absolute atomic E-state index is 0.290. The number of rotatable bonds is 7. The number of ether oxygens (including phenoxy) is 1. The number of methoxy groups -OCH3 is 1. The van der Waals surface area contributed by atoms with Crippen molar-refractivity contribution in [2.24, 2.45) is 0 Å². The normalized spacial score (nSPS) is 14.5. The van der Waals surface area contributed by atoms with E-state index in [4.69, 9.17) is 4.74 Å². The molecule has 0 bridgehead atoms. The van der Waals surface area contributed by atoms with Gasteiger partial charge in [-0.2, -0.15) is 5.01 Å². The highest BCUT2D eigenvalue weighted by molar-refractivity contribution is 6.10. The predicted molar refractivity (Wildman–Crippen MR) is 122 cm³/mol. The van der Waals surface area contributed by atoms with Crippen LogP contribution in [0.4, 0.5) is 9.59 Å². The maximum atomic E-state index is 13.5. The van der Waals surface area contributed by atoms with Crippen LogP contribution in [0, 0.1) is 0 Å². The molecule has 8 heteroatoms. The minimum atomic E-state index is -1.44. The third kappa shape index (κ3) is 4.23. The van der Waals surface area contributed by atoms with E-state index in [0.29, 0.717) is 24.1 Å². The number of urea groups is 2. The summed E-state index contributed by atoms with van der Waals surface area (Å²) in [6.07, 6.45) is 0.523. The van der Waals surface area contributed by atoms with Gasteiger partial charge in [-0.05, 0) is 29.2 Å². The van der Waals surface area contributed by atoms with E-state index in [0.717, 1.165) is 16.3 Å². The molecule has 0 aromatic heterocycles. The fourth-order valence-electron chi connectivity index (χ4n) is 3.93. The van der Waals surface area contributed by atoms with Crippen LogP contribution in [-0.4, -0.2) is 36.6 Å². The van der Waals surface area contributed by atoms with Crippen LogP contribution in [-0.2, 0) is 16.8 Å². The molecule has 3 N–H and O–H groups in total. The lowest BCUT2D eigenvalue weighted by Gasteiger charge is -2.27. The standard InChI is InChI=1S/C25H24N4O4/c1-33-21-15-9-8-10-18(21)16-17-26-23(31)28-29-22(30)25(27-24(29)32,19-11-4-2-5-12-19)20-13-6-3-7-14-20/h2-15H,16-17H2,1H3,(H,27,32)(H2,26,28,31). The Morgan fingerprint density at radius 2 is 1.48 bits per heavy atom. The van der Waals surface area contributed by atoms with E-state index in [1.165, 1.54) is 0 Å². The molecule has 5 amide bonds. The number of hydrogen-bond donors (Lipinski definition) is 3. The molecule has 0 radical (unpaired) electrons. The van der Waals surface area contributed by atoms with Gasteiger partial charge in [0.1, 0.15) is 5.75 Å². The number of para-hydroxylation sites is 1. The Hall–Kier alpha value is -4.33. The number of carbonyl (C=O) groups excluding carboxylic acids is 3. The third-order valence-corrected chi connectivity index (χ3v) is 5.52. The first kappa shape index (κ1) is 21.9. The molecule has 0 spiro atoms. The minimum Gasteiger partial charge on any atom is -0.496 e. The summed E-state index contributed by atoms with van der Waals surface area (Å²) in [7, 11) is 1.59. The van der Waals surface area contributed by atoms with E-state index in [-0.39, 0.29) is 0 Å². The smallest absolute Gasteiger partial charge is 0.344 e. The van der Waals surface area contributed by atoms with E-state index in [2.05, 4.69) is 16.1 Å². The summed E-state index contributed by atoms with van der Waals surface area (Å²) in [4.78, 5) is 38.8. The van der Waals surface area contributed by atoms with Crippen LogP contribution in [0.3, 0.4) is 0 Å². The molecule has 1 aliphatic rings. The SMILES string of the molecule is COc1ccccc1CCNC(=O)NN1C(=O)NC(c2ccccc2)(c2ccccc2)C1=O. The fourth-order valence-corrected chi connectivity index (χ4v) is 3.93. The summed E-state index contributed by atoms with van der Waals surface area (Å²) in [5.41, 5.74) is 3.06. The van der Waals surface area contributed by atoms with Gasteiger partial charge in [-0.3, -0.25) is 4.79 Å². The third-order valence-electron chi connectivity index (χ3n) is 5.52. The molecule has 1 aliphatic heterocycles. The molecule has 0 saturated carbocycles. The van der Waals surface area contributed by atoms with Crippen molar-refractivity contribution >= 4 is 18.0 Å². The van der Waals surface area contributed by atoms with E-state index < -0.39 is 23.5 Å². The molecular formula is C25H24N4O4. The molecule has 3 aromatic carbocycles. The zero-order valence-electron chi connectivity index (χ0n) is 18.1. The average Bonchev–Trinajstić information content (AvgIpc) is 3.11. The highest BCUT2D eigenvalue weighted by Crippen LogP contribution is 2.35. The van der Waals surface area contributed by atoms with E-state index >= 15 is 0 Å². The van der Waals surface area contributed by atoms with Gasteiger partial charge in [-0.1, -0.05) is 78.9 Å². The summed E-state index contributed by atoms with van der Waals surface area (Å²) in [6.45, 7) is 0.290. The van der Waals surface area contributed by atoms with E-state index in [1.807, 2.05) is 36.4 Å². The van der Waals surface area contributed by atoms with Crippen molar-refractivity contribution in [2.75, 3.05) is 13.7 Å². The quantitative estimate of drug-likeness (QED) is 0.488. The Bertz CT molecular complexity index is 1110. The Morgan fingerprint density at radius 3 is 2.09 bits per heavy atom. The molecule has 1 saturated heterocycles. The second-order valence-corrected chi connectivity index (χ2v) is 7.48. The second kappa shape index (κ2) is 9.44. The summed E-state index contributed by atoms with van der Waals surface area (Å²) in [6, 6.07) is 24.0. The lowest BCUT2D eigenvalue weighted by molar-refractivity contribution is -0.131. The number of imide groups is 1. The Kier molecular flexibility index (Phi) is 6.26. The first-order valence-corrected chi connectivity index (χ1v) is 10.5. The molecule has 8 nitrogen and oxygen atoms in total. The Labute approximate surface area is 191 Å². The first-order chi connectivity index (χ1) is 16.1. The molecular weight excluding hydrogens is 420 g/mol. The van der Waals surface area contributed by atoms with Gasteiger partial charge in [0.2, 0.25) is 0 Å². The predicted octanol–water partition coefficient (Wildman–Crippen LogP) is 2.95. The number of carbonyl (C=O) groups is 3. The van der Waals surface area contributed by atoms with Gasteiger partial charge in [0, 0.05) is 6.54 Å². The monoisotopic (exact) mass is 444 g/mol. The van der Waals surface area contributed by atoms with Crippen molar-refractivity contribution in [2.45, 2.75) is 12.0 Å². The molecule has 4 rings (SSSR count). The van der Waals surface area contributed by atoms with Crippen LogP contribution in [0.5, 0.6) is 5.75 Å². The summed E-state index contributed by atoms with van der Waals surface area (Å²) in [5.74, 6) is 0.133. The average molecular weight is 444 g/mol. The van der Waals surface area contributed by atoms with Gasteiger partial charge in [0.15, 0.2) is 5.54 Å². The first-order valence-electron chi connectivity index (χ1n) is 10.5. The number of benzene rings is 3. The summed E-state index contributed by atoms with van der Waals surface area (Å²) in [5, 5.41) is 6.18. The molecule has 1 heterocycles. The van der Waals surface area contributed by atoms with Crippen LogP contribution in [0.1, 0.15) is 16.7 Å². The van der Waals surface area contributed by atoms with E-state index in [9.17, 15) is 14.4 Å². The number of nitrogens with zero attached hydrogens (tertiary/aromatic N) is 1. The highest BCUT2D eigenvalue weighted by atomic mass is 16.5. The highest BCUT2D eigenvalue weighted by Gasteiger charge is 2.54. The van der Waals surface area contributed by atoms with Crippen LogP contribution in [0.25, 0.3) is 0 Å². The lowest BCUT2D eigenvalue weighted by Crippen LogP contribution is -2.52. The number of hydrogen-bond acceptors (Lipinski definition) is 4. The van der Waals surface area contributed by atoms with Crippen molar-refractivity contribution in [3.05, 3.63) is 102 Å². The summed E-state index contributed by atoms with van der Waals surface area (Å²) < 4.78 is 5.31. The molecule has 0 atom stereocenters. The topological polar surface area (TPSA) is 99.8 Å². The Morgan fingerprint density at radius 1 is 0.909 bits per heavy atom. The van der Waals surface area contributed by atoms with Gasteiger partial charge in [0.05, 0.1) is 7.11 Å². The zero-order valence-corrected chi connectivity index (χ0v) is 18.1. The molecule has 168 valence electrons. The van der Waals surface area contributed by atoms with Crippen molar-refractivity contribution < 1.29 is 19.1 Å². The van der Waals surface area contributed by atoms with Gasteiger partial charge >= 0.3 is 12.1 Å². The van der Waals surface area contributed by atoms with Gasteiger partial charge in [0.25, 0.3) is 5.91 Å². The van der Waals surface area contributed by atoms with Crippen LogP contribution in [0.15, 0.2) is 84.9 Å². The number of nitrogens with one attached hydrogen (secondary N) is 3. The van der Waals surface area contributed by atoms with Gasteiger partial charge in [-0.15, -0.1) is 0 Å². The van der Waals surface area contributed by atoms with Gasteiger partial charge in [-0.25, -0.2) is 15.0 Å². The van der Waals surface area contributed by atoms with Gasteiger partial charge < -0.3 is 15.4 Å². The fraction of sp³-hybridized carbons (Fsp3) is 0.160. The molecule has 33 heavy (non-hydrogen) atoms. The summed E-state index contributed by atoms with van der Waals surface area (Å²) >= 11 is 0. The molecule has 3 aromatic rings. The molecule has 0 aliphatic carbocycles.